The molecule has 3 rings (SSSR count). The summed E-state index contributed by atoms with van der Waals surface area (Å²) in [6.07, 6.45) is 3.63. The van der Waals surface area contributed by atoms with E-state index in [2.05, 4.69) is 5.10 Å². The number of rotatable bonds is 4. The first-order valence-corrected chi connectivity index (χ1v) is 9.40. The molecule has 138 valence electrons. The van der Waals surface area contributed by atoms with Crippen molar-refractivity contribution in [3.8, 4) is 0 Å². The maximum Gasteiger partial charge on any atom is 0.326 e. The lowest BCUT2D eigenvalue weighted by Gasteiger charge is -2.25. The number of carbonyl (C=O) groups is 2. The zero-order valence-corrected chi connectivity index (χ0v) is 14.9. The number of hydrogen-bond acceptors (Lipinski definition) is 5. The molecule has 2 unspecified atom stereocenters. The van der Waals surface area contributed by atoms with Gasteiger partial charge in [0.05, 0.1) is 18.4 Å². The number of carboxylic acid groups (broad SMARTS) is 1. The minimum absolute atomic E-state index is 0.150. The van der Waals surface area contributed by atoms with Crippen molar-refractivity contribution in [1.82, 2.24) is 19.0 Å². The van der Waals surface area contributed by atoms with Crippen LogP contribution in [-0.4, -0.2) is 76.6 Å². The van der Waals surface area contributed by atoms with E-state index in [1.54, 1.807) is 20.2 Å². The number of nitrogens with zero attached hydrogens (tertiary/aromatic N) is 5. The van der Waals surface area contributed by atoms with Crippen LogP contribution in [0.2, 0.25) is 0 Å². The zero-order chi connectivity index (χ0) is 18.4. The van der Waals surface area contributed by atoms with Gasteiger partial charge in [0, 0.05) is 32.9 Å². The molecule has 0 bridgehead atoms. The number of amides is 1. The first-order valence-electron chi connectivity index (χ1n) is 8.00. The molecular weight excluding hydrogens is 350 g/mol. The Hall–Kier alpha value is -2.14. The quantitative estimate of drug-likeness (QED) is 0.734. The number of carbonyl (C=O) groups excluding carboxylic acids is 1. The van der Waals surface area contributed by atoms with Gasteiger partial charge in [0.2, 0.25) is 5.91 Å². The number of carboxylic acids is 1. The van der Waals surface area contributed by atoms with E-state index in [4.69, 9.17) is 0 Å². The largest absolute Gasteiger partial charge is 0.480 e. The summed E-state index contributed by atoms with van der Waals surface area (Å²) in [6.45, 7) is 2.15. The van der Waals surface area contributed by atoms with Crippen molar-refractivity contribution in [1.29, 1.82) is 0 Å². The predicted molar refractivity (Wildman–Crippen MR) is 88.0 cm³/mol. The normalized spacial score (nSPS) is 26.3. The molecule has 1 amide bonds. The lowest BCUT2D eigenvalue weighted by molar-refractivity contribution is -0.149. The molecule has 1 aromatic heterocycles. The fourth-order valence-electron chi connectivity index (χ4n) is 3.38. The van der Waals surface area contributed by atoms with Gasteiger partial charge in [-0.1, -0.05) is 6.92 Å². The Balaban J connectivity index is 1.73. The van der Waals surface area contributed by atoms with E-state index in [1.165, 1.54) is 20.1 Å². The van der Waals surface area contributed by atoms with Gasteiger partial charge in [-0.05, 0) is 12.3 Å². The van der Waals surface area contributed by atoms with Crippen molar-refractivity contribution >= 4 is 27.8 Å². The third-order valence-electron chi connectivity index (χ3n) is 4.72. The highest BCUT2D eigenvalue weighted by molar-refractivity contribution is 7.90. The molecule has 1 N–H and O–H groups in total. The van der Waals surface area contributed by atoms with E-state index >= 15 is 0 Å². The van der Waals surface area contributed by atoms with Gasteiger partial charge >= 0.3 is 16.2 Å². The van der Waals surface area contributed by atoms with Crippen LogP contribution in [-0.2, 0) is 26.8 Å². The maximum absolute atomic E-state index is 12.7. The number of anilines is 1. The third-order valence-corrected chi connectivity index (χ3v) is 6.64. The fourth-order valence-corrected chi connectivity index (χ4v) is 4.92. The maximum atomic E-state index is 12.7. The van der Waals surface area contributed by atoms with Crippen LogP contribution in [0.15, 0.2) is 12.4 Å². The molecule has 25 heavy (non-hydrogen) atoms. The number of aryl methyl sites for hydroxylation is 1. The van der Waals surface area contributed by atoms with Gasteiger partial charge in [0.1, 0.15) is 6.04 Å². The van der Waals surface area contributed by atoms with E-state index in [-0.39, 0.29) is 25.6 Å². The summed E-state index contributed by atoms with van der Waals surface area (Å²) < 4.78 is 29.1. The highest BCUT2D eigenvalue weighted by Gasteiger charge is 2.43. The monoisotopic (exact) mass is 371 g/mol. The van der Waals surface area contributed by atoms with E-state index < -0.39 is 28.1 Å². The van der Waals surface area contributed by atoms with Crippen LogP contribution in [0, 0.1) is 5.92 Å². The van der Waals surface area contributed by atoms with Crippen molar-refractivity contribution < 1.29 is 23.1 Å². The first kappa shape index (κ1) is 17.7. The number of aromatic nitrogens is 2. The van der Waals surface area contributed by atoms with Gasteiger partial charge in [0.15, 0.2) is 0 Å². The molecule has 0 radical (unpaired) electrons. The molecule has 2 fully saturated rings. The van der Waals surface area contributed by atoms with Crippen LogP contribution < -0.4 is 4.31 Å². The zero-order valence-electron chi connectivity index (χ0n) is 14.1. The van der Waals surface area contributed by atoms with Crippen LogP contribution in [0.1, 0.15) is 13.3 Å². The Bertz CT molecular complexity index is 791. The fraction of sp³-hybridized carbons (Fsp3) is 0.643. The van der Waals surface area contributed by atoms with Crippen LogP contribution in [0.25, 0.3) is 0 Å². The molecule has 0 saturated carbocycles. The van der Waals surface area contributed by atoms with Crippen LogP contribution >= 0.6 is 0 Å². The lowest BCUT2D eigenvalue weighted by atomic mass is 10.0. The first-order chi connectivity index (χ1) is 11.7. The van der Waals surface area contributed by atoms with Crippen molar-refractivity contribution in [2.75, 3.05) is 30.5 Å². The lowest BCUT2D eigenvalue weighted by Crippen LogP contribution is -2.47. The Morgan fingerprint density at radius 2 is 2.04 bits per heavy atom. The molecule has 0 aliphatic carbocycles. The van der Waals surface area contributed by atoms with Gasteiger partial charge in [-0.2, -0.15) is 17.8 Å². The Labute approximate surface area is 145 Å². The second-order valence-electron chi connectivity index (χ2n) is 6.42. The smallest absolute Gasteiger partial charge is 0.326 e. The second-order valence-corrected chi connectivity index (χ2v) is 8.27. The molecule has 2 saturated heterocycles. The number of likely N-dealkylation sites (tertiary alicyclic amines) is 1. The summed E-state index contributed by atoms with van der Waals surface area (Å²) in [5.41, 5.74) is 0.440. The topological polar surface area (TPSA) is 116 Å². The molecule has 2 aliphatic rings. The van der Waals surface area contributed by atoms with Crippen molar-refractivity contribution in [3.05, 3.63) is 12.4 Å². The molecule has 2 atom stereocenters. The number of aliphatic carboxylic acids is 1. The Morgan fingerprint density at radius 1 is 1.32 bits per heavy atom. The average Bonchev–Trinajstić information content (AvgIpc) is 3.18. The summed E-state index contributed by atoms with van der Waals surface area (Å²) in [5.74, 6) is -1.68. The molecule has 3 heterocycles. The summed E-state index contributed by atoms with van der Waals surface area (Å²) in [6, 6.07) is -0.896. The average molecular weight is 371 g/mol. The third kappa shape index (κ3) is 3.09. The molecular formula is C14H21N5O5S. The van der Waals surface area contributed by atoms with Gasteiger partial charge in [-0.15, -0.1) is 0 Å². The SMILES string of the molecule is CC1CCN(C(=O)CN2CCN(c3cnn(C)c3)S2(=O)=O)C1C(=O)O. The number of hydrogen-bond donors (Lipinski definition) is 1. The Morgan fingerprint density at radius 3 is 2.64 bits per heavy atom. The van der Waals surface area contributed by atoms with Crippen molar-refractivity contribution in [2.45, 2.75) is 19.4 Å². The van der Waals surface area contributed by atoms with Crippen molar-refractivity contribution in [2.24, 2.45) is 13.0 Å². The second kappa shape index (κ2) is 6.30. The molecule has 0 aromatic carbocycles. The molecule has 0 spiro atoms. The van der Waals surface area contributed by atoms with E-state index in [1.807, 2.05) is 0 Å². The molecule has 11 heteroatoms. The van der Waals surface area contributed by atoms with Gasteiger partial charge in [-0.3, -0.25) is 13.8 Å². The Kier molecular flexibility index (Phi) is 4.45. The highest BCUT2D eigenvalue weighted by Crippen LogP contribution is 2.27. The summed E-state index contributed by atoms with van der Waals surface area (Å²) in [4.78, 5) is 25.2. The van der Waals surface area contributed by atoms with E-state index in [9.17, 15) is 23.1 Å². The van der Waals surface area contributed by atoms with Crippen LogP contribution in [0.5, 0.6) is 0 Å². The summed E-state index contributed by atoms with van der Waals surface area (Å²) in [5, 5.41) is 13.3. The standard InChI is InChI=1S/C14H21N5O5S/c1-10-3-4-18(13(10)14(21)22)12(20)9-17-5-6-19(25(17,23)24)11-7-15-16(2)8-11/h7-8,10,13H,3-6,9H2,1-2H3,(H,21,22). The van der Waals surface area contributed by atoms with E-state index in [0.717, 1.165) is 4.31 Å². The molecule has 2 aliphatic heterocycles. The van der Waals surface area contributed by atoms with Gasteiger partial charge < -0.3 is 10.0 Å². The van der Waals surface area contributed by atoms with Gasteiger partial charge in [-0.25, -0.2) is 4.79 Å². The minimum atomic E-state index is -3.83. The molecule has 10 nitrogen and oxygen atoms in total. The van der Waals surface area contributed by atoms with Crippen LogP contribution in [0.3, 0.4) is 0 Å². The van der Waals surface area contributed by atoms with Crippen molar-refractivity contribution in [3.63, 3.8) is 0 Å². The summed E-state index contributed by atoms with van der Waals surface area (Å²) in [7, 11) is -2.14. The van der Waals surface area contributed by atoms with E-state index in [0.29, 0.717) is 18.7 Å². The highest BCUT2D eigenvalue weighted by atomic mass is 32.2. The van der Waals surface area contributed by atoms with Gasteiger partial charge in [0.25, 0.3) is 0 Å². The minimum Gasteiger partial charge on any atom is -0.480 e. The summed E-state index contributed by atoms with van der Waals surface area (Å²) >= 11 is 0. The molecule has 1 aromatic rings. The van der Waals surface area contributed by atoms with Crippen LogP contribution in [0.4, 0.5) is 5.69 Å². The predicted octanol–water partition coefficient (Wildman–Crippen LogP) is -0.891.